The van der Waals surface area contributed by atoms with Crippen LogP contribution in [0.15, 0.2) is 79.0 Å². The molecule has 6 N–H and O–H groups in total. The zero-order valence-corrected chi connectivity index (χ0v) is 24.4. The van der Waals surface area contributed by atoms with E-state index in [-0.39, 0.29) is 12.5 Å². The van der Waals surface area contributed by atoms with Crippen LogP contribution in [0.3, 0.4) is 0 Å². The van der Waals surface area contributed by atoms with E-state index in [1.807, 2.05) is 24.3 Å². The van der Waals surface area contributed by atoms with E-state index in [2.05, 4.69) is 59.3 Å². The summed E-state index contributed by atoms with van der Waals surface area (Å²) in [5, 5.41) is 35.3. The lowest BCUT2D eigenvalue weighted by Gasteiger charge is -2.23. The molecule has 1 fully saturated rings. The molecule has 0 atom stereocenters. The highest BCUT2D eigenvalue weighted by atomic mass is 16.5. The molecule has 3 aromatic carbocycles. The molecule has 9 nitrogen and oxygen atoms in total. The number of carbonyl (C=O) groups is 1. The molecule has 43 heavy (non-hydrogen) atoms. The molecule has 0 unspecified atom stereocenters. The molecule has 5 rings (SSSR count). The maximum absolute atomic E-state index is 11.1. The normalized spacial score (nSPS) is 13.9. The van der Waals surface area contributed by atoms with E-state index >= 15 is 0 Å². The topological polar surface area (TPSA) is 147 Å². The summed E-state index contributed by atoms with van der Waals surface area (Å²) in [7, 11) is 0. The number of benzene rings is 3. The second-order valence-electron chi connectivity index (χ2n) is 11.0. The molecular weight excluding hydrogens is 548 g/mol. The van der Waals surface area contributed by atoms with Gasteiger partial charge in [-0.1, -0.05) is 36.4 Å². The molecule has 0 amide bonds. The van der Waals surface area contributed by atoms with Gasteiger partial charge in [0.05, 0.1) is 44.1 Å². The van der Waals surface area contributed by atoms with Crippen LogP contribution in [0, 0.1) is 0 Å². The Bertz CT molecular complexity index is 1420. The number of carboxylic acids is 1. The fourth-order valence-corrected chi connectivity index (χ4v) is 4.91. The first-order valence-corrected chi connectivity index (χ1v) is 14.7. The molecule has 0 spiro atoms. The Balaban J connectivity index is 0.000000467. The lowest BCUT2D eigenvalue weighted by atomic mass is 10.0. The van der Waals surface area contributed by atoms with Gasteiger partial charge >= 0.3 is 5.97 Å². The third-order valence-electron chi connectivity index (χ3n) is 7.64. The van der Waals surface area contributed by atoms with Gasteiger partial charge in [0.25, 0.3) is 0 Å². The van der Waals surface area contributed by atoms with Crippen LogP contribution in [0.5, 0.6) is 5.75 Å². The summed E-state index contributed by atoms with van der Waals surface area (Å²) >= 11 is 0. The third kappa shape index (κ3) is 9.13. The van der Waals surface area contributed by atoms with Crippen LogP contribution >= 0.6 is 0 Å². The predicted octanol–water partition coefficient (Wildman–Crippen LogP) is 3.65. The highest BCUT2D eigenvalue weighted by Crippen LogP contribution is 2.29. The SMILES string of the molecule is NC(CO)(CO)CO.O=C(O)CCc1ccc2c(c1)c(CCc1ccccc1)cn2-c1ccc(OC2CCOCC2)cc1. The smallest absolute Gasteiger partial charge is 0.303 e. The van der Waals surface area contributed by atoms with Gasteiger partial charge in [0, 0.05) is 36.5 Å². The predicted molar refractivity (Wildman–Crippen MR) is 166 cm³/mol. The summed E-state index contributed by atoms with van der Waals surface area (Å²) < 4.78 is 13.8. The van der Waals surface area contributed by atoms with Crippen molar-refractivity contribution in [2.24, 2.45) is 5.73 Å². The molecule has 2 heterocycles. The van der Waals surface area contributed by atoms with E-state index in [9.17, 15) is 4.79 Å². The maximum Gasteiger partial charge on any atom is 0.303 e. The molecule has 4 aromatic rings. The average molecular weight is 591 g/mol. The molecule has 1 aliphatic heterocycles. The Labute approximate surface area is 252 Å². The van der Waals surface area contributed by atoms with E-state index in [1.165, 1.54) is 16.5 Å². The summed E-state index contributed by atoms with van der Waals surface area (Å²) in [5.41, 5.74) is 9.78. The molecule has 0 saturated carbocycles. The number of aliphatic carboxylic acids is 1. The largest absolute Gasteiger partial charge is 0.490 e. The van der Waals surface area contributed by atoms with Crippen molar-refractivity contribution in [3.63, 3.8) is 0 Å². The Morgan fingerprint density at radius 2 is 1.56 bits per heavy atom. The van der Waals surface area contributed by atoms with E-state index in [4.69, 9.17) is 35.6 Å². The van der Waals surface area contributed by atoms with Crippen molar-refractivity contribution in [1.29, 1.82) is 0 Å². The van der Waals surface area contributed by atoms with Crippen LogP contribution in [-0.4, -0.2) is 75.6 Å². The van der Waals surface area contributed by atoms with Crippen molar-refractivity contribution in [3.05, 3.63) is 95.7 Å². The summed E-state index contributed by atoms with van der Waals surface area (Å²) in [6.07, 6.45) is 6.85. The van der Waals surface area contributed by atoms with Gasteiger partial charge in [-0.25, -0.2) is 0 Å². The lowest BCUT2D eigenvalue weighted by Crippen LogP contribution is -2.50. The molecule has 0 bridgehead atoms. The standard InChI is InChI=1S/C30H31NO4.C4H11NO3/c32-30(33)15-8-23-7-14-29-28(20-23)24(9-6-22-4-2-1-3-5-22)21-31(29)25-10-12-26(13-11-25)35-27-16-18-34-19-17-27;5-4(1-6,2-7)3-8/h1-5,7,10-14,20-21,27H,6,8-9,15-19H2,(H,32,33);6-8H,1-3,5H2. The Morgan fingerprint density at radius 3 is 2.16 bits per heavy atom. The number of aliphatic hydroxyl groups excluding tert-OH is 3. The number of hydrogen-bond acceptors (Lipinski definition) is 7. The summed E-state index contributed by atoms with van der Waals surface area (Å²) in [4.78, 5) is 11.1. The zero-order chi connectivity index (χ0) is 30.7. The number of fused-ring (bicyclic) bond motifs is 1. The van der Waals surface area contributed by atoms with Gasteiger partial charge in [-0.3, -0.25) is 4.79 Å². The number of carboxylic acid groups (broad SMARTS) is 1. The Hall–Kier alpha value is -3.73. The molecular formula is C34H42N2O7. The summed E-state index contributed by atoms with van der Waals surface area (Å²) in [6.45, 7) is 0.316. The first-order chi connectivity index (χ1) is 20.8. The fourth-order valence-electron chi connectivity index (χ4n) is 4.91. The summed E-state index contributed by atoms with van der Waals surface area (Å²) in [6, 6.07) is 25.1. The minimum Gasteiger partial charge on any atom is -0.490 e. The van der Waals surface area contributed by atoms with Crippen LogP contribution in [-0.2, 0) is 28.8 Å². The van der Waals surface area contributed by atoms with E-state index in [1.54, 1.807) is 0 Å². The maximum atomic E-state index is 11.1. The highest BCUT2D eigenvalue weighted by Gasteiger charge is 2.21. The van der Waals surface area contributed by atoms with Crippen LogP contribution in [0.4, 0.5) is 0 Å². The van der Waals surface area contributed by atoms with Crippen molar-refractivity contribution in [2.75, 3.05) is 33.0 Å². The highest BCUT2D eigenvalue weighted by molar-refractivity contribution is 5.86. The summed E-state index contributed by atoms with van der Waals surface area (Å²) in [5.74, 6) is 0.118. The van der Waals surface area contributed by atoms with E-state index < -0.39 is 31.3 Å². The minimum atomic E-state index is -1.21. The van der Waals surface area contributed by atoms with Crippen molar-refractivity contribution in [2.45, 2.75) is 50.2 Å². The molecule has 0 aliphatic carbocycles. The van der Waals surface area contributed by atoms with Crippen molar-refractivity contribution in [3.8, 4) is 11.4 Å². The Morgan fingerprint density at radius 1 is 0.884 bits per heavy atom. The van der Waals surface area contributed by atoms with Crippen molar-refractivity contribution in [1.82, 2.24) is 4.57 Å². The van der Waals surface area contributed by atoms with E-state index in [0.29, 0.717) is 6.42 Å². The molecule has 230 valence electrons. The van der Waals surface area contributed by atoms with Gasteiger partial charge in [-0.2, -0.15) is 0 Å². The number of nitrogens with two attached hydrogens (primary N) is 1. The average Bonchev–Trinajstić information content (AvgIpc) is 3.42. The van der Waals surface area contributed by atoms with Crippen molar-refractivity contribution >= 4 is 16.9 Å². The van der Waals surface area contributed by atoms with Crippen LogP contribution < -0.4 is 10.5 Å². The molecule has 1 aliphatic rings. The van der Waals surface area contributed by atoms with Crippen LogP contribution in [0.25, 0.3) is 16.6 Å². The van der Waals surface area contributed by atoms with Crippen molar-refractivity contribution < 1.29 is 34.7 Å². The molecule has 1 aromatic heterocycles. The minimum absolute atomic E-state index is 0.139. The fraction of sp³-hybridized carbons (Fsp3) is 0.382. The third-order valence-corrected chi connectivity index (χ3v) is 7.64. The number of nitrogens with zero attached hydrogens (tertiary/aromatic N) is 1. The van der Waals surface area contributed by atoms with Gasteiger partial charge < -0.3 is 40.2 Å². The monoisotopic (exact) mass is 590 g/mol. The van der Waals surface area contributed by atoms with Crippen LogP contribution in [0.2, 0.25) is 0 Å². The first kappa shape index (κ1) is 32.2. The number of aliphatic hydroxyl groups is 3. The first-order valence-electron chi connectivity index (χ1n) is 14.7. The molecule has 1 saturated heterocycles. The number of aromatic nitrogens is 1. The quantitative estimate of drug-likeness (QED) is 0.168. The molecule has 0 radical (unpaired) electrons. The number of ether oxygens (including phenoxy) is 2. The van der Waals surface area contributed by atoms with Gasteiger partial charge in [-0.05, 0) is 72.4 Å². The number of rotatable bonds is 12. The van der Waals surface area contributed by atoms with Crippen LogP contribution in [0.1, 0.15) is 36.0 Å². The van der Waals surface area contributed by atoms with Gasteiger partial charge in [-0.15, -0.1) is 0 Å². The Kier molecular flexibility index (Phi) is 11.7. The van der Waals surface area contributed by atoms with Gasteiger partial charge in [0.1, 0.15) is 11.9 Å². The second kappa shape index (κ2) is 15.7. The number of hydrogen-bond donors (Lipinski definition) is 5. The van der Waals surface area contributed by atoms with E-state index in [0.717, 1.165) is 61.4 Å². The second-order valence-corrected chi connectivity index (χ2v) is 11.0. The lowest BCUT2D eigenvalue weighted by molar-refractivity contribution is -0.136. The number of aryl methyl sites for hydroxylation is 3. The zero-order valence-electron chi connectivity index (χ0n) is 24.4. The molecule has 9 heteroatoms. The van der Waals surface area contributed by atoms with Gasteiger partial charge in [0.15, 0.2) is 0 Å². The van der Waals surface area contributed by atoms with Gasteiger partial charge in [0.2, 0.25) is 0 Å².